The van der Waals surface area contributed by atoms with E-state index in [2.05, 4.69) is 4.98 Å². The quantitative estimate of drug-likeness (QED) is 0.823. The lowest BCUT2D eigenvalue weighted by Crippen LogP contribution is -2.40. The summed E-state index contributed by atoms with van der Waals surface area (Å²) in [5.74, 6) is -0.222. The van der Waals surface area contributed by atoms with E-state index in [0.29, 0.717) is 6.54 Å². The van der Waals surface area contributed by atoms with Gasteiger partial charge in [-0.1, -0.05) is 0 Å². The average Bonchev–Trinajstić information content (AvgIpc) is 2.76. The highest BCUT2D eigenvalue weighted by Gasteiger charge is 2.23. The predicted octanol–water partition coefficient (Wildman–Crippen LogP) is 1.78. The van der Waals surface area contributed by atoms with Gasteiger partial charge < -0.3 is 4.74 Å². The third kappa shape index (κ3) is 4.20. The van der Waals surface area contributed by atoms with Crippen molar-refractivity contribution in [1.29, 1.82) is 0 Å². The predicted molar refractivity (Wildman–Crippen MR) is 66.3 cm³/mol. The van der Waals surface area contributed by atoms with Crippen LogP contribution in [0.25, 0.3) is 0 Å². The molecule has 0 fully saturated rings. The molecule has 0 atom stereocenters. The van der Waals surface area contributed by atoms with Crippen LogP contribution in [0.1, 0.15) is 32.5 Å². The highest BCUT2D eigenvalue weighted by Crippen LogP contribution is 2.09. The van der Waals surface area contributed by atoms with E-state index in [9.17, 15) is 9.59 Å². The molecule has 6 nitrogen and oxygen atoms in total. The second-order valence-corrected chi connectivity index (χ2v) is 4.86. The molecule has 0 radical (unpaired) electrons. The summed E-state index contributed by atoms with van der Waals surface area (Å²) in [5, 5.41) is 0. The fraction of sp³-hybridized carbons (Fsp3) is 0.583. The Morgan fingerprint density at radius 3 is 2.50 bits per heavy atom. The number of carbonyl (C=O) groups is 2. The summed E-state index contributed by atoms with van der Waals surface area (Å²) >= 11 is 0. The summed E-state index contributed by atoms with van der Waals surface area (Å²) in [5.41, 5.74) is -0.567. The molecular weight excluding hydrogens is 234 g/mol. The fourth-order valence-corrected chi connectivity index (χ4v) is 1.28. The summed E-state index contributed by atoms with van der Waals surface area (Å²) in [4.78, 5) is 28.8. The molecule has 0 unspecified atom stereocenters. The molecular formula is C12H19N3O3. The number of ether oxygens (including phenoxy) is 1. The van der Waals surface area contributed by atoms with Crippen molar-refractivity contribution in [3.05, 3.63) is 18.7 Å². The van der Waals surface area contributed by atoms with Crippen LogP contribution < -0.4 is 0 Å². The largest absolute Gasteiger partial charge is 0.444 e. The van der Waals surface area contributed by atoms with E-state index < -0.39 is 11.7 Å². The minimum Gasteiger partial charge on any atom is -0.444 e. The number of likely N-dealkylation sites (N-methyl/N-ethyl adjacent to an activating group) is 1. The van der Waals surface area contributed by atoms with Crippen molar-refractivity contribution in [3.63, 3.8) is 0 Å². The number of hydrogen-bond acceptors (Lipinski definition) is 4. The zero-order chi connectivity index (χ0) is 13.8. The van der Waals surface area contributed by atoms with Gasteiger partial charge in [0, 0.05) is 18.9 Å². The fourth-order valence-electron chi connectivity index (χ4n) is 1.28. The van der Waals surface area contributed by atoms with Crippen LogP contribution in [0, 0.1) is 0 Å². The molecule has 1 rings (SSSR count). The molecule has 1 heterocycles. The van der Waals surface area contributed by atoms with Crippen molar-refractivity contribution >= 4 is 12.0 Å². The maximum Gasteiger partial charge on any atom is 0.410 e. The van der Waals surface area contributed by atoms with Gasteiger partial charge in [0.15, 0.2) is 0 Å². The van der Waals surface area contributed by atoms with Crippen molar-refractivity contribution in [2.75, 3.05) is 13.1 Å². The van der Waals surface area contributed by atoms with Gasteiger partial charge in [-0.15, -0.1) is 0 Å². The van der Waals surface area contributed by atoms with Gasteiger partial charge in [0.25, 0.3) is 5.91 Å². The molecule has 0 bridgehead atoms. The van der Waals surface area contributed by atoms with E-state index in [-0.39, 0.29) is 12.5 Å². The molecule has 18 heavy (non-hydrogen) atoms. The second-order valence-electron chi connectivity index (χ2n) is 4.86. The molecule has 0 aliphatic heterocycles. The van der Waals surface area contributed by atoms with Crippen LogP contribution in [0.3, 0.4) is 0 Å². The number of amides is 1. The van der Waals surface area contributed by atoms with Crippen LogP contribution >= 0.6 is 0 Å². The van der Waals surface area contributed by atoms with Gasteiger partial charge in [-0.05, 0) is 27.7 Å². The van der Waals surface area contributed by atoms with Crippen LogP contribution in [0.15, 0.2) is 18.7 Å². The van der Waals surface area contributed by atoms with Crippen molar-refractivity contribution in [1.82, 2.24) is 14.5 Å². The maximum atomic E-state index is 11.8. The van der Waals surface area contributed by atoms with E-state index in [1.807, 2.05) is 0 Å². The van der Waals surface area contributed by atoms with Crippen LogP contribution in [0.5, 0.6) is 0 Å². The second kappa shape index (κ2) is 5.66. The smallest absolute Gasteiger partial charge is 0.410 e. The zero-order valence-electron chi connectivity index (χ0n) is 11.2. The Bertz CT molecular complexity index is 407. The van der Waals surface area contributed by atoms with Crippen LogP contribution in [-0.4, -0.2) is 45.1 Å². The first-order valence-electron chi connectivity index (χ1n) is 5.82. The molecule has 0 spiro atoms. The Kier molecular flexibility index (Phi) is 4.47. The SMILES string of the molecule is CCN(CC(=O)n1ccnc1)C(=O)OC(C)(C)C. The normalized spacial score (nSPS) is 11.1. The average molecular weight is 253 g/mol. The Labute approximate surface area is 107 Å². The van der Waals surface area contributed by atoms with Gasteiger partial charge in [0.1, 0.15) is 18.5 Å². The molecule has 0 aliphatic rings. The minimum absolute atomic E-state index is 0.0260. The molecule has 1 aromatic rings. The number of carbonyl (C=O) groups excluding carboxylic acids is 2. The number of nitrogens with zero attached hydrogens (tertiary/aromatic N) is 3. The first-order chi connectivity index (χ1) is 8.33. The molecule has 100 valence electrons. The number of aromatic nitrogens is 2. The van der Waals surface area contributed by atoms with Gasteiger partial charge >= 0.3 is 6.09 Å². The molecule has 1 amide bonds. The standard InChI is InChI=1S/C12H19N3O3/c1-5-14(11(17)18-12(2,3)4)8-10(16)15-7-6-13-9-15/h6-7,9H,5,8H2,1-4H3. The summed E-state index contributed by atoms with van der Waals surface area (Å²) in [6.45, 7) is 7.55. The van der Waals surface area contributed by atoms with E-state index in [4.69, 9.17) is 4.74 Å². The van der Waals surface area contributed by atoms with Crippen molar-refractivity contribution in [3.8, 4) is 0 Å². The third-order valence-electron chi connectivity index (χ3n) is 2.15. The summed E-state index contributed by atoms with van der Waals surface area (Å²) < 4.78 is 6.56. The topological polar surface area (TPSA) is 64.4 Å². The zero-order valence-corrected chi connectivity index (χ0v) is 11.2. The van der Waals surface area contributed by atoms with Crippen LogP contribution in [0.4, 0.5) is 4.79 Å². The summed E-state index contributed by atoms with van der Waals surface area (Å²) in [7, 11) is 0. The van der Waals surface area contributed by atoms with E-state index in [1.165, 1.54) is 22.0 Å². The number of imidazole rings is 1. The lowest BCUT2D eigenvalue weighted by molar-refractivity contribution is 0.0249. The van der Waals surface area contributed by atoms with E-state index in [1.54, 1.807) is 33.9 Å². The molecule has 0 aromatic carbocycles. The monoisotopic (exact) mass is 253 g/mol. The molecule has 0 N–H and O–H groups in total. The molecule has 1 aromatic heterocycles. The van der Waals surface area contributed by atoms with Gasteiger partial charge in [0.2, 0.25) is 0 Å². The number of rotatable bonds is 3. The molecule has 0 saturated heterocycles. The lowest BCUT2D eigenvalue weighted by Gasteiger charge is -2.26. The first-order valence-corrected chi connectivity index (χ1v) is 5.82. The Morgan fingerprint density at radius 2 is 2.06 bits per heavy atom. The minimum atomic E-state index is -0.567. The van der Waals surface area contributed by atoms with Gasteiger partial charge in [-0.3, -0.25) is 14.3 Å². The first kappa shape index (κ1) is 14.2. The van der Waals surface area contributed by atoms with Crippen molar-refractivity contribution in [2.24, 2.45) is 0 Å². The third-order valence-corrected chi connectivity index (χ3v) is 2.15. The van der Waals surface area contributed by atoms with Crippen molar-refractivity contribution in [2.45, 2.75) is 33.3 Å². The Morgan fingerprint density at radius 1 is 1.39 bits per heavy atom. The molecule has 0 aliphatic carbocycles. The van der Waals surface area contributed by atoms with E-state index in [0.717, 1.165) is 0 Å². The highest BCUT2D eigenvalue weighted by molar-refractivity contribution is 5.84. The Balaban J connectivity index is 2.62. The van der Waals surface area contributed by atoms with Gasteiger partial charge in [-0.25, -0.2) is 9.78 Å². The van der Waals surface area contributed by atoms with Gasteiger partial charge in [-0.2, -0.15) is 0 Å². The van der Waals surface area contributed by atoms with Gasteiger partial charge in [0.05, 0.1) is 0 Å². The Hall–Kier alpha value is -1.85. The summed E-state index contributed by atoms with van der Waals surface area (Å²) in [6, 6.07) is 0. The van der Waals surface area contributed by atoms with E-state index >= 15 is 0 Å². The number of hydrogen-bond donors (Lipinski definition) is 0. The summed E-state index contributed by atoms with van der Waals surface area (Å²) in [6.07, 6.45) is 3.98. The highest BCUT2D eigenvalue weighted by atomic mass is 16.6. The maximum absolute atomic E-state index is 11.8. The van der Waals surface area contributed by atoms with Crippen LogP contribution in [0.2, 0.25) is 0 Å². The van der Waals surface area contributed by atoms with Crippen LogP contribution in [-0.2, 0) is 4.74 Å². The lowest BCUT2D eigenvalue weighted by atomic mass is 10.2. The molecule has 6 heteroatoms. The van der Waals surface area contributed by atoms with Crippen molar-refractivity contribution < 1.29 is 14.3 Å². The molecule has 0 saturated carbocycles.